The molecule has 0 bridgehead atoms. The van der Waals surface area contributed by atoms with Gasteiger partial charge in [-0.1, -0.05) is 12.1 Å². The summed E-state index contributed by atoms with van der Waals surface area (Å²) < 4.78 is 16.5. The minimum atomic E-state index is -0.181. The first-order valence-corrected chi connectivity index (χ1v) is 12.8. The van der Waals surface area contributed by atoms with E-state index in [-0.39, 0.29) is 18.3 Å². The van der Waals surface area contributed by atoms with Gasteiger partial charge in [-0.25, -0.2) is 0 Å². The van der Waals surface area contributed by atoms with Crippen molar-refractivity contribution < 1.29 is 18.8 Å². The molecule has 2 heterocycles. The topological polar surface area (TPSA) is 63.3 Å². The van der Waals surface area contributed by atoms with Crippen molar-refractivity contribution in [2.24, 2.45) is 0 Å². The third-order valence-corrected chi connectivity index (χ3v) is 7.22. The van der Waals surface area contributed by atoms with Gasteiger partial charge in [0.2, 0.25) is 5.91 Å². The molecule has 3 rings (SSSR count). The molecule has 1 amide bonds. The summed E-state index contributed by atoms with van der Waals surface area (Å²) in [5, 5.41) is 3.07. The van der Waals surface area contributed by atoms with Crippen molar-refractivity contribution in [3.8, 4) is 0 Å². The lowest BCUT2D eigenvalue weighted by Crippen LogP contribution is -2.44. The van der Waals surface area contributed by atoms with E-state index < -0.39 is 0 Å². The quantitative estimate of drug-likeness (QED) is 0.366. The zero-order valence-corrected chi connectivity index (χ0v) is 21.7. The molecule has 0 radical (unpaired) electrons. The lowest BCUT2D eigenvalue weighted by Gasteiger charge is -2.37. The molecule has 33 heavy (non-hydrogen) atoms. The highest BCUT2D eigenvalue weighted by atomic mass is 31.0. The minimum absolute atomic E-state index is 0.130. The Labute approximate surface area is 201 Å². The highest BCUT2D eigenvalue weighted by Gasteiger charge is 2.29. The Kier molecular flexibility index (Phi) is 10.9. The molecule has 1 aromatic rings. The summed E-state index contributed by atoms with van der Waals surface area (Å²) in [6.45, 7) is 5.61. The number of rotatable bonds is 12. The monoisotopic (exact) mass is 479 g/mol. The molecule has 2 aliphatic rings. The van der Waals surface area contributed by atoms with Crippen molar-refractivity contribution >= 4 is 21.1 Å². The van der Waals surface area contributed by atoms with Crippen molar-refractivity contribution in [2.45, 2.75) is 76.4 Å². The molecule has 8 heteroatoms. The van der Waals surface area contributed by atoms with Crippen LogP contribution >= 0.6 is 9.47 Å². The second-order valence-electron chi connectivity index (χ2n) is 9.43. The third-order valence-electron chi connectivity index (χ3n) is 6.91. The molecule has 0 aliphatic carbocycles. The molecule has 5 atom stereocenters. The summed E-state index contributed by atoms with van der Waals surface area (Å²) in [5.41, 5.74) is 2.63. The summed E-state index contributed by atoms with van der Waals surface area (Å²) in [6.07, 6.45) is 6.88. The van der Waals surface area contributed by atoms with Crippen molar-refractivity contribution in [3.63, 3.8) is 0 Å². The minimum Gasteiger partial charge on any atom is -0.380 e. The fraction of sp³-hybridized carbons (Fsp3) is 0.720. The number of anilines is 1. The summed E-state index contributed by atoms with van der Waals surface area (Å²) in [6, 6.07) is 9.28. The van der Waals surface area contributed by atoms with E-state index in [4.69, 9.17) is 14.0 Å². The number of benzene rings is 1. The van der Waals surface area contributed by atoms with Crippen LogP contribution in [0.1, 0.15) is 51.0 Å². The van der Waals surface area contributed by atoms with Gasteiger partial charge in [0.25, 0.3) is 0 Å². The van der Waals surface area contributed by atoms with Crippen LogP contribution in [0, 0.1) is 0 Å². The predicted octanol–water partition coefficient (Wildman–Crippen LogP) is 3.37. The fourth-order valence-electron chi connectivity index (χ4n) is 4.78. The molecule has 0 spiro atoms. The van der Waals surface area contributed by atoms with E-state index in [1.807, 2.05) is 0 Å². The molecule has 0 aromatic heterocycles. The van der Waals surface area contributed by atoms with Crippen LogP contribution in [0.5, 0.6) is 0 Å². The summed E-state index contributed by atoms with van der Waals surface area (Å²) in [7, 11) is 6.17. The molecule has 7 nitrogen and oxygen atoms in total. The maximum absolute atomic E-state index is 12.3. The van der Waals surface area contributed by atoms with Crippen LogP contribution < -0.4 is 10.2 Å². The van der Waals surface area contributed by atoms with Crippen LogP contribution in [0.4, 0.5) is 5.69 Å². The molecule has 186 valence electrons. The Morgan fingerprint density at radius 1 is 1.27 bits per heavy atom. The number of carbonyl (C=O) groups excluding carboxylic acids is 1. The van der Waals surface area contributed by atoms with Crippen molar-refractivity contribution in [3.05, 3.63) is 29.8 Å². The molecule has 0 saturated carbocycles. The Balaban J connectivity index is 1.26. The first-order valence-electron chi connectivity index (χ1n) is 12.3. The number of carbonyl (C=O) groups is 1. The summed E-state index contributed by atoms with van der Waals surface area (Å²) in [4.78, 5) is 16.9. The third kappa shape index (κ3) is 8.48. The molecular formula is C25H42N3O4P. The van der Waals surface area contributed by atoms with E-state index in [1.165, 1.54) is 11.3 Å². The van der Waals surface area contributed by atoms with Gasteiger partial charge < -0.3 is 29.1 Å². The van der Waals surface area contributed by atoms with Crippen molar-refractivity contribution in [2.75, 3.05) is 45.2 Å². The van der Waals surface area contributed by atoms with E-state index in [0.29, 0.717) is 18.6 Å². The Hall–Kier alpha value is -1.24. The van der Waals surface area contributed by atoms with Crippen LogP contribution in [0.3, 0.4) is 0 Å². The van der Waals surface area contributed by atoms with Gasteiger partial charge in [0, 0.05) is 67.3 Å². The number of hydrogen-bond donors (Lipinski definition) is 1. The van der Waals surface area contributed by atoms with Gasteiger partial charge in [-0.3, -0.25) is 4.79 Å². The van der Waals surface area contributed by atoms with Gasteiger partial charge >= 0.3 is 0 Å². The zero-order chi connectivity index (χ0) is 23.6. The molecular weight excluding hydrogens is 437 g/mol. The molecule has 3 unspecified atom stereocenters. The summed E-state index contributed by atoms with van der Waals surface area (Å²) in [5.74, 6) is 0.130. The number of nitrogens with zero attached hydrogens (tertiary/aromatic N) is 2. The molecule has 2 saturated heterocycles. The first kappa shape index (κ1) is 26.4. The Bertz CT molecular complexity index is 720. The molecule has 2 fully saturated rings. The second-order valence-corrected chi connectivity index (χ2v) is 9.71. The van der Waals surface area contributed by atoms with Crippen LogP contribution in [-0.2, 0) is 25.2 Å². The van der Waals surface area contributed by atoms with Crippen LogP contribution in [0.15, 0.2) is 24.3 Å². The number of hydrogen-bond acceptors (Lipinski definition) is 6. The van der Waals surface area contributed by atoms with Crippen LogP contribution in [0.2, 0.25) is 0 Å². The molecule has 1 N–H and O–H groups in total. The predicted molar refractivity (Wildman–Crippen MR) is 135 cm³/mol. The number of amides is 1. The average Bonchev–Trinajstić information content (AvgIpc) is 3.31. The fourth-order valence-corrected chi connectivity index (χ4v) is 4.95. The van der Waals surface area contributed by atoms with Gasteiger partial charge in [-0.2, -0.15) is 0 Å². The van der Waals surface area contributed by atoms with E-state index in [0.717, 1.165) is 64.7 Å². The largest absolute Gasteiger partial charge is 0.380 e. The van der Waals surface area contributed by atoms with E-state index in [2.05, 4.69) is 62.8 Å². The highest BCUT2D eigenvalue weighted by molar-refractivity contribution is 7.09. The molecule has 2 aliphatic heterocycles. The van der Waals surface area contributed by atoms with Gasteiger partial charge in [-0.05, 0) is 63.8 Å². The maximum Gasteiger partial charge on any atom is 0.221 e. The number of aryl methyl sites for hydroxylation is 1. The lowest BCUT2D eigenvalue weighted by molar-refractivity contribution is -0.153. The average molecular weight is 480 g/mol. The number of nitrogens with one attached hydrogen (secondary N) is 1. The maximum atomic E-state index is 12.3. The number of methoxy groups -OCH3 is 1. The van der Waals surface area contributed by atoms with Crippen LogP contribution in [0.25, 0.3) is 0 Å². The van der Waals surface area contributed by atoms with E-state index in [9.17, 15) is 4.79 Å². The summed E-state index contributed by atoms with van der Waals surface area (Å²) >= 11 is 0. The number of unbranched alkanes of at least 4 members (excludes halogenated alkanes) is 1. The first-order chi connectivity index (χ1) is 16.0. The van der Waals surface area contributed by atoms with E-state index >= 15 is 0 Å². The second kappa shape index (κ2) is 13.6. The Morgan fingerprint density at radius 3 is 2.76 bits per heavy atom. The highest BCUT2D eigenvalue weighted by Crippen LogP contribution is 2.25. The SMILES string of the molecule is CO[C@H]1CCN(c2ccc(CCCCNC(=O)CCN(C)[C@H]3CC(C)OC(OP)C3)cc2)C1. The van der Waals surface area contributed by atoms with Crippen molar-refractivity contribution in [1.29, 1.82) is 0 Å². The number of ether oxygens (including phenoxy) is 2. The Morgan fingerprint density at radius 2 is 2.06 bits per heavy atom. The van der Waals surface area contributed by atoms with Gasteiger partial charge in [0.05, 0.1) is 12.2 Å². The lowest BCUT2D eigenvalue weighted by atomic mass is 10.0. The van der Waals surface area contributed by atoms with Gasteiger partial charge in [0.1, 0.15) is 0 Å². The van der Waals surface area contributed by atoms with Crippen LogP contribution in [-0.4, -0.2) is 75.7 Å². The smallest absolute Gasteiger partial charge is 0.221 e. The normalized spacial score (nSPS) is 25.5. The molecule has 1 aromatic carbocycles. The van der Waals surface area contributed by atoms with Gasteiger partial charge in [0.15, 0.2) is 6.29 Å². The standard InChI is InChI=1S/C25H42N3O4P/c1-19-16-22(17-25(31-19)32-33)27(2)14-12-24(29)26-13-5-4-6-20-7-9-21(10-8-20)28-15-11-23(18-28)30-3/h7-10,19,22-23,25H,4-6,11-18,33H2,1-3H3,(H,26,29)/t19?,22-,23-,25?/m0/s1. The van der Waals surface area contributed by atoms with Gasteiger partial charge in [-0.15, -0.1) is 0 Å². The van der Waals surface area contributed by atoms with E-state index in [1.54, 1.807) is 7.11 Å². The van der Waals surface area contributed by atoms with Crippen molar-refractivity contribution in [1.82, 2.24) is 10.2 Å². The zero-order valence-electron chi connectivity index (χ0n) is 20.5.